The summed E-state index contributed by atoms with van der Waals surface area (Å²) in [6, 6.07) is 6.17. The Labute approximate surface area is 96.6 Å². The highest BCUT2D eigenvalue weighted by Gasteiger charge is 2.25. The number of hydrogen-bond donors (Lipinski definition) is 3. The second-order valence-corrected chi connectivity index (χ2v) is 3.28. The first-order valence-electron chi connectivity index (χ1n) is 4.55. The third kappa shape index (κ3) is 5.88. The molecule has 1 aromatic rings. The number of hydrogen-bond acceptors (Lipinski definition) is 3. The van der Waals surface area contributed by atoms with E-state index >= 15 is 0 Å². The van der Waals surface area contributed by atoms with Gasteiger partial charge in [0.15, 0.2) is 0 Å². The van der Waals surface area contributed by atoms with Gasteiger partial charge in [-0.25, -0.2) is 0 Å². The molecule has 0 aliphatic heterocycles. The number of alkyl halides is 3. The standard InChI is InChI=1S/C10H11F3N2O.H3N/c11-10(12,13)6-15-5-7-2-1-3-8(4-7)9(14)16;/h1-4,15H,5-6H2,(H2,14,16);1H3. The van der Waals surface area contributed by atoms with Crippen molar-refractivity contribution in [2.45, 2.75) is 12.7 Å². The lowest BCUT2D eigenvalue weighted by atomic mass is 10.1. The molecule has 0 saturated heterocycles. The minimum Gasteiger partial charge on any atom is -0.366 e. The zero-order valence-electron chi connectivity index (χ0n) is 9.05. The van der Waals surface area contributed by atoms with Crippen molar-refractivity contribution < 1.29 is 18.0 Å². The average Bonchev–Trinajstić information content (AvgIpc) is 2.16. The molecule has 1 amide bonds. The molecule has 4 nitrogen and oxygen atoms in total. The molecule has 6 N–H and O–H groups in total. The first-order chi connectivity index (χ1) is 7.38. The quantitative estimate of drug-likeness (QED) is 0.757. The van der Waals surface area contributed by atoms with Gasteiger partial charge >= 0.3 is 6.18 Å². The summed E-state index contributed by atoms with van der Waals surface area (Å²) in [6.45, 7) is -1.02. The van der Waals surface area contributed by atoms with Crippen LogP contribution in [0.5, 0.6) is 0 Å². The molecule has 0 fully saturated rings. The molecule has 0 heterocycles. The van der Waals surface area contributed by atoms with Gasteiger partial charge in [0.1, 0.15) is 0 Å². The van der Waals surface area contributed by atoms with Crippen molar-refractivity contribution in [2.75, 3.05) is 6.54 Å². The summed E-state index contributed by atoms with van der Waals surface area (Å²) in [6.07, 6.45) is -4.23. The lowest BCUT2D eigenvalue weighted by Crippen LogP contribution is -2.28. The second-order valence-electron chi connectivity index (χ2n) is 3.28. The number of nitrogens with one attached hydrogen (secondary N) is 1. The van der Waals surface area contributed by atoms with Gasteiger partial charge in [0.2, 0.25) is 5.91 Å². The van der Waals surface area contributed by atoms with Crippen LogP contribution in [-0.2, 0) is 6.54 Å². The fourth-order valence-corrected chi connectivity index (χ4v) is 1.18. The van der Waals surface area contributed by atoms with Crippen molar-refractivity contribution in [3.63, 3.8) is 0 Å². The number of carbonyl (C=O) groups is 1. The monoisotopic (exact) mass is 249 g/mol. The van der Waals surface area contributed by atoms with Gasteiger partial charge in [0.05, 0.1) is 6.54 Å². The SMILES string of the molecule is N.NC(=O)c1cccc(CNCC(F)(F)F)c1. The summed E-state index contributed by atoms with van der Waals surface area (Å²) >= 11 is 0. The number of nitrogens with two attached hydrogens (primary N) is 1. The molecule has 0 atom stereocenters. The van der Waals surface area contributed by atoms with Crippen molar-refractivity contribution in [3.8, 4) is 0 Å². The molecule has 0 radical (unpaired) electrons. The highest BCUT2D eigenvalue weighted by atomic mass is 19.4. The number of benzene rings is 1. The van der Waals surface area contributed by atoms with Crippen molar-refractivity contribution in [3.05, 3.63) is 35.4 Å². The zero-order valence-corrected chi connectivity index (χ0v) is 9.05. The summed E-state index contributed by atoms with van der Waals surface area (Å²) in [5, 5.41) is 2.23. The van der Waals surface area contributed by atoms with Crippen LogP contribution in [-0.4, -0.2) is 18.6 Å². The summed E-state index contributed by atoms with van der Waals surface area (Å²) in [5.41, 5.74) is 5.91. The van der Waals surface area contributed by atoms with E-state index in [0.717, 1.165) is 0 Å². The fraction of sp³-hybridized carbons (Fsp3) is 0.300. The third-order valence-electron chi connectivity index (χ3n) is 1.87. The number of halogens is 3. The van der Waals surface area contributed by atoms with E-state index < -0.39 is 18.6 Å². The van der Waals surface area contributed by atoms with Crippen LogP contribution in [0.3, 0.4) is 0 Å². The Morgan fingerprint density at radius 2 is 2.00 bits per heavy atom. The van der Waals surface area contributed by atoms with Gasteiger partial charge < -0.3 is 17.2 Å². The molecule has 0 unspecified atom stereocenters. The topological polar surface area (TPSA) is 90.1 Å². The molecular formula is C10H14F3N3O. The Bertz CT molecular complexity index is 379. The molecule has 0 saturated carbocycles. The molecule has 0 aromatic heterocycles. The van der Waals surface area contributed by atoms with Crippen LogP contribution >= 0.6 is 0 Å². The van der Waals surface area contributed by atoms with E-state index in [2.05, 4.69) is 5.32 Å². The number of rotatable bonds is 4. The molecule has 96 valence electrons. The number of carbonyl (C=O) groups excluding carboxylic acids is 1. The van der Waals surface area contributed by atoms with E-state index in [1.165, 1.54) is 12.1 Å². The summed E-state index contributed by atoms with van der Waals surface area (Å²) in [4.78, 5) is 10.8. The predicted molar refractivity (Wildman–Crippen MR) is 57.7 cm³/mol. The molecule has 0 aliphatic carbocycles. The predicted octanol–water partition coefficient (Wildman–Crippen LogP) is 1.60. The van der Waals surface area contributed by atoms with Gasteiger partial charge in [-0.05, 0) is 17.7 Å². The van der Waals surface area contributed by atoms with Crippen molar-refractivity contribution in [1.82, 2.24) is 11.5 Å². The van der Waals surface area contributed by atoms with Gasteiger partial charge in [-0.15, -0.1) is 0 Å². The number of primary amides is 1. The maximum absolute atomic E-state index is 11.8. The molecular weight excluding hydrogens is 235 g/mol. The Balaban J connectivity index is 0.00000256. The first-order valence-corrected chi connectivity index (χ1v) is 4.55. The molecule has 17 heavy (non-hydrogen) atoms. The molecule has 1 rings (SSSR count). The summed E-state index contributed by atoms with van der Waals surface area (Å²) in [5.74, 6) is -0.599. The fourth-order valence-electron chi connectivity index (χ4n) is 1.18. The Kier molecular flexibility index (Phi) is 5.63. The smallest absolute Gasteiger partial charge is 0.366 e. The normalized spacial score (nSPS) is 10.8. The van der Waals surface area contributed by atoms with Crippen molar-refractivity contribution in [1.29, 1.82) is 0 Å². The second kappa shape index (κ2) is 6.21. The van der Waals surface area contributed by atoms with E-state index in [1.807, 2.05) is 0 Å². The first kappa shape index (κ1) is 15.4. The van der Waals surface area contributed by atoms with Crippen LogP contribution in [0, 0.1) is 0 Å². The Morgan fingerprint density at radius 1 is 1.35 bits per heavy atom. The maximum Gasteiger partial charge on any atom is 0.401 e. The highest BCUT2D eigenvalue weighted by Crippen LogP contribution is 2.12. The van der Waals surface area contributed by atoms with Crippen LogP contribution in [0.4, 0.5) is 13.2 Å². The van der Waals surface area contributed by atoms with Gasteiger partial charge in [0, 0.05) is 12.1 Å². The largest absolute Gasteiger partial charge is 0.401 e. The van der Waals surface area contributed by atoms with Crippen LogP contribution < -0.4 is 17.2 Å². The van der Waals surface area contributed by atoms with Crippen molar-refractivity contribution in [2.24, 2.45) is 5.73 Å². The van der Waals surface area contributed by atoms with E-state index in [-0.39, 0.29) is 18.3 Å². The van der Waals surface area contributed by atoms with Gasteiger partial charge in [-0.3, -0.25) is 4.79 Å². The molecule has 0 bridgehead atoms. The minimum absolute atomic E-state index is 0. The molecule has 1 aromatic carbocycles. The average molecular weight is 249 g/mol. The lowest BCUT2D eigenvalue weighted by molar-refractivity contribution is -0.125. The van der Waals surface area contributed by atoms with Gasteiger partial charge in [0.25, 0.3) is 0 Å². The van der Waals surface area contributed by atoms with Crippen LogP contribution in [0.15, 0.2) is 24.3 Å². The van der Waals surface area contributed by atoms with E-state index in [4.69, 9.17) is 5.73 Å². The molecule has 0 aliphatic rings. The molecule has 7 heteroatoms. The van der Waals surface area contributed by atoms with Gasteiger partial charge in [-0.1, -0.05) is 12.1 Å². The van der Waals surface area contributed by atoms with E-state index in [1.54, 1.807) is 12.1 Å². The lowest BCUT2D eigenvalue weighted by Gasteiger charge is -2.08. The summed E-state index contributed by atoms with van der Waals surface area (Å²) in [7, 11) is 0. The Hall–Kier alpha value is -1.60. The zero-order chi connectivity index (χ0) is 12.2. The van der Waals surface area contributed by atoms with Crippen LogP contribution in [0.25, 0.3) is 0 Å². The highest BCUT2D eigenvalue weighted by molar-refractivity contribution is 5.92. The van der Waals surface area contributed by atoms with Crippen molar-refractivity contribution >= 4 is 5.91 Å². The minimum atomic E-state index is -4.23. The van der Waals surface area contributed by atoms with Crippen LogP contribution in [0.2, 0.25) is 0 Å². The Morgan fingerprint density at radius 3 is 2.53 bits per heavy atom. The van der Waals surface area contributed by atoms with Gasteiger partial charge in [-0.2, -0.15) is 13.2 Å². The van der Waals surface area contributed by atoms with E-state index in [9.17, 15) is 18.0 Å². The van der Waals surface area contributed by atoms with E-state index in [0.29, 0.717) is 5.56 Å². The molecule has 0 spiro atoms. The van der Waals surface area contributed by atoms with Crippen LogP contribution in [0.1, 0.15) is 15.9 Å². The maximum atomic E-state index is 11.8. The third-order valence-corrected chi connectivity index (χ3v) is 1.87. The summed E-state index contributed by atoms with van der Waals surface area (Å²) < 4.78 is 35.5. The number of amides is 1.